The Kier molecular flexibility index (Phi) is 4.46. The van der Waals surface area contributed by atoms with Crippen LogP contribution in [0.25, 0.3) is 0 Å². The van der Waals surface area contributed by atoms with Gasteiger partial charge in [0.1, 0.15) is 0 Å². The third-order valence-electron chi connectivity index (χ3n) is 2.79. The molecule has 0 saturated carbocycles. The lowest BCUT2D eigenvalue weighted by Gasteiger charge is -2.15. The molecular weight excluding hydrogens is 240 g/mol. The third-order valence-corrected chi connectivity index (χ3v) is 2.79. The van der Waals surface area contributed by atoms with E-state index in [1.165, 1.54) is 0 Å². The molecule has 0 aromatic carbocycles. The molecule has 0 amide bonds. The third kappa shape index (κ3) is 3.75. The van der Waals surface area contributed by atoms with Crippen LogP contribution >= 0.6 is 0 Å². The summed E-state index contributed by atoms with van der Waals surface area (Å²) in [6, 6.07) is 0. The van der Waals surface area contributed by atoms with Crippen molar-refractivity contribution in [3.8, 4) is 0 Å². The minimum absolute atomic E-state index is 0.726. The van der Waals surface area contributed by atoms with Crippen molar-refractivity contribution in [3.63, 3.8) is 0 Å². The van der Waals surface area contributed by atoms with Crippen molar-refractivity contribution in [2.45, 2.75) is 20.0 Å². The Labute approximate surface area is 113 Å². The van der Waals surface area contributed by atoms with Crippen LogP contribution in [0, 0.1) is 0 Å². The molecule has 0 bridgehead atoms. The Hall–Kier alpha value is -1.95. The average molecular weight is 260 g/mol. The van der Waals surface area contributed by atoms with Gasteiger partial charge in [0.15, 0.2) is 0 Å². The second-order valence-corrected chi connectivity index (χ2v) is 4.55. The zero-order chi connectivity index (χ0) is 13.7. The molecule has 6 heteroatoms. The minimum Gasteiger partial charge on any atom is -0.339 e. The molecule has 0 spiro atoms. The maximum atomic E-state index is 4.38. The molecule has 0 aliphatic carbocycles. The van der Waals surface area contributed by atoms with Crippen LogP contribution in [-0.4, -0.2) is 33.3 Å². The Bertz CT molecular complexity index is 504. The van der Waals surface area contributed by atoms with E-state index < -0.39 is 0 Å². The predicted molar refractivity (Wildman–Crippen MR) is 74.7 cm³/mol. The molecule has 6 nitrogen and oxygen atoms in total. The smallest absolute Gasteiger partial charge is 0.225 e. The molecule has 0 saturated heterocycles. The van der Waals surface area contributed by atoms with Gasteiger partial charge >= 0.3 is 0 Å². The molecule has 2 aromatic heterocycles. The molecule has 0 atom stereocenters. The van der Waals surface area contributed by atoms with Gasteiger partial charge in [0.25, 0.3) is 0 Å². The first-order chi connectivity index (χ1) is 9.19. The summed E-state index contributed by atoms with van der Waals surface area (Å²) < 4.78 is 1.80. The van der Waals surface area contributed by atoms with Gasteiger partial charge < -0.3 is 10.2 Å². The summed E-state index contributed by atoms with van der Waals surface area (Å²) in [5.74, 6) is 0.726. The van der Waals surface area contributed by atoms with Gasteiger partial charge in [-0.3, -0.25) is 4.68 Å². The lowest BCUT2D eigenvalue weighted by molar-refractivity contribution is 0.719. The molecule has 0 radical (unpaired) electrons. The van der Waals surface area contributed by atoms with Crippen molar-refractivity contribution in [1.82, 2.24) is 25.1 Å². The summed E-state index contributed by atoms with van der Waals surface area (Å²) in [6.45, 7) is 4.59. The van der Waals surface area contributed by atoms with Crippen LogP contribution in [0.5, 0.6) is 0 Å². The molecule has 102 valence electrons. The first-order valence-electron chi connectivity index (χ1n) is 6.39. The SMILES string of the molecule is CCNCc1cnc(N(C)Cc2cnn(C)c2)nc1. The van der Waals surface area contributed by atoms with Crippen LogP contribution in [0.4, 0.5) is 5.95 Å². The van der Waals surface area contributed by atoms with E-state index in [9.17, 15) is 0 Å². The van der Waals surface area contributed by atoms with Crippen molar-refractivity contribution < 1.29 is 0 Å². The second-order valence-electron chi connectivity index (χ2n) is 4.55. The topological polar surface area (TPSA) is 58.9 Å². The van der Waals surface area contributed by atoms with Gasteiger partial charge in [-0.15, -0.1) is 0 Å². The molecular formula is C13H20N6. The maximum Gasteiger partial charge on any atom is 0.225 e. The van der Waals surface area contributed by atoms with Crippen molar-refractivity contribution in [1.29, 1.82) is 0 Å². The minimum atomic E-state index is 0.726. The van der Waals surface area contributed by atoms with Gasteiger partial charge in [-0.2, -0.15) is 5.10 Å². The highest BCUT2D eigenvalue weighted by Gasteiger charge is 2.06. The summed E-state index contributed by atoms with van der Waals surface area (Å²) in [5.41, 5.74) is 2.24. The number of aryl methyl sites for hydroxylation is 1. The number of nitrogens with one attached hydrogen (secondary N) is 1. The Morgan fingerprint density at radius 1 is 1.21 bits per heavy atom. The molecule has 0 aliphatic heterocycles. The summed E-state index contributed by atoms with van der Waals surface area (Å²) >= 11 is 0. The van der Waals surface area contributed by atoms with Gasteiger partial charge in [0.05, 0.1) is 6.20 Å². The normalized spacial score (nSPS) is 10.7. The Morgan fingerprint density at radius 3 is 2.53 bits per heavy atom. The number of anilines is 1. The number of nitrogens with zero attached hydrogens (tertiary/aromatic N) is 5. The van der Waals surface area contributed by atoms with E-state index in [4.69, 9.17) is 0 Å². The van der Waals surface area contributed by atoms with Gasteiger partial charge in [-0.25, -0.2) is 9.97 Å². The highest BCUT2D eigenvalue weighted by molar-refractivity contribution is 5.30. The van der Waals surface area contributed by atoms with Crippen molar-refractivity contribution in [2.24, 2.45) is 7.05 Å². The summed E-state index contributed by atoms with van der Waals surface area (Å²) in [4.78, 5) is 10.8. The van der Waals surface area contributed by atoms with E-state index in [1.54, 1.807) is 4.68 Å². The van der Waals surface area contributed by atoms with Crippen LogP contribution in [0.1, 0.15) is 18.1 Å². The lowest BCUT2D eigenvalue weighted by Crippen LogP contribution is -2.19. The van der Waals surface area contributed by atoms with Crippen molar-refractivity contribution in [3.05, 3.63) is 35.9 Å². The zero-order valence-corrected chi connectivity index (χ0v) is 11.7. The quantitative estimate of drug-likeness (QED) is 0.838. The predicted octanol–water partition coefficient (Wildman–Crippen LogP) is 0.956. The Morgan fingerprint density at radius 2 is 1.95 bits per heavy atom. The number of rotatable bonds is 6. The van der Waals surface area contributed by atoms with Crippen LogP contribution < -0.4 is 10.2 Å². The van der Waals surface area contributed by atoms with Crippen LogP contribution in [-0.2, 0) is 20.1 Å². The van der Waals surface area contributed by atoms with E-state index in [0.717, 1.165) is 36.7 Å². The van der Waals surface area contributed by atoms with Crippen molar-refractivity contribution in [2.75, 3.05) is 18.5 Å². The van der Waals surface area contributed by atoms with E-state index in [-0.39, 0.29) is 0 Å². The standard InChI is InChI=1S/C13H20N6/c1-4-14-5-11-6-15-13(16-7-11)18(2)9-12-8-17-19(3)10-12/h6-8,10,14H,4-5,9H2,1-3H3. The van der Waals surface area contributed by atoms with Gasteiger partial charge in [-0.05, 0) is 6.54 Å². The van der Waals surface area contributed by atoms with E-state index in [1.807, 2.05) is 43.8 Å². The van der Waals surface area contributed by atoms with E-state index >= 15 is 0 Å². The fourth-order valence-corrected chi connectivity index (χ4v) is 1.80. The number of hydrogen-bond acceptors (Lipinski definition) is 5. The molecule has 2 aromatic rings. The highest BCUT2D eigenvalue weighted by atomic mass is 15.3. The highest BCUT2D eigenvalue weighted by Crippen LogP contribution is 2.09. The van der Waals surface area contributed by atoms with Gasteiger partial charge in [-0.1, -0.05) is 6.92 Å². The summed E-state index contributed by atoms with van der Waals surface area (Å²) in [6.07, 6.45) is 7.58. The molecule has 2 heterocycles. The lowest BCUT2D eigenvalue weighted by atomic mass is 10.3. The van der Waals surface area contributed by atoms with Crippen LogP contribution in [0.2, 0.25) is 0 Å². The van der Waals surface area contributed by atoms with E-state index in [0.29, 0.717) is 0 Å². The average Bonchev–Trinajstić information content (AvgIpc) is 2.82. The molecule has 0 unspecified atom stereocenters. The summed E-state index contributed by atoms with van der Waals surface area (Å²) in [5, 5.41) is 7.40. The Balaban J connectivity index is 1.97. The van der Waals surface area contributed by atoms with Crippen molar-refractivity contribution >= 4 is 5.95 Å². The molecule has 1 N–H and O–H groups in total. The fraction of sp³-hybridized carbons (Fsp3) is 0.462. The van der Waals surface area contributed by atoms with Gasteiger partial charge in [0, 0.05) is 56.9 Å². The first kappa shape index (κ1) is 13.5. The molecule has 0 fully saturated rings. The summed E-state index contributed by atoms with van der Waals surface area (Å²) in [7, 11) is 3.89. The van der Waals surface area contributed by atoms with E-state index in [2.05, 4.69) is 27.3 Å². The molecule has 19 heavy (non-hydrogen) atoms. The molecule has 2 rings (SSSR count). The molecule has 0 aliphatic rings. The monoisotopic (exact) mass is 260 g/mol. The zero-order valence-electron chi connectivity index (χ0n) is 11.7. The number of hydrogen-bond donors (Lipinski definition) is 1. The number of aromatic nitrogens is 4. The van der Waals surface area contributed by atoms with Crippen LogP contribution in [0.3, 0.4) is 0 Å². The first-order valence-corrected chi connectivity index (χ1v) is 6.39. The van der Waals surface area contributed by atoms with Gasteiger partial charge in [0.2, 0.25) is 5.95 Å². The second kappa shape index (κ2) is 6.29. The fourth-order valence-electron chi connectivity index (χ4n) is 1.80. The maximum absolute atomic E-state index is 4.38. The van der Waals surface area contributed by atoms with Crippen LogP contribution in [0.15, 0.2) is 24.8 Å². The largest absolute Gasteiger partial charge is 0.339 e.